The maximum atomic E-state index is 10.8. The van der Waals surface area contributed by atoms with Gasteiger partial charge < -0.3 is 20.4 Å². The molecule has 3 aromatic rings. The van der Waals surface area contributed by atoms with Crippen LogP contribution >= 0.6 is 0 Å². The molecule has 0 unspecified atom stereocenters. The van der Waals surface area contributed by atoms with Crippen LogP contribution in [-0.2, 0) is 0 Å². The van der Waals surface area contributed by atoms with Crippen molar-refractivity contribution in [3.05, 3.63) is 95.1 Å². The van der Waals surface area contributed by atoms with E-state index in [2.05, 4.69) is 48.5 Å². The third-order valence-electron chi connectivity index (χ3n) is 3.96. The first-order valence-corrected chi connectivity index (χ1v) is 8.44. The molecule has 0 radical (unpaired) electrons. The summed E-state index contributed by atoms with van der Waals surface area (Å²) in [7, 11) is 0. The second kappa shape index (κ2) is 9.65. The second-order valence-electron chi connectivity index (χ2n) is 5.90. The van der Waals surface area contributed by atoms with Crippen molar-refractivity contribution >= 4 is 23.9 Å². The molecule has 0 aromatic heterocycles. The van der Waals surface area contributed by atoms with Gasteiger partial charge in [-0.15, -0.1) is 0 Å². The number of aromatic carboxylic acids is 4. The van der Waals surface area contributed by atoms with E-state index in [1.54, 1.807) is 0 Å². The first-order chi connectivity index (χ1) is 14.2. The molecule has 3 rings (SSSR count). The lowest BCUT2D eigenvalue weighted by atomic mass is 9.98. The van der Waals surface area contributed by atoms with Crippen LogP contribution in [0.25, 0.3) is 11.1 Å². The zero-order valence-electron chi connectivity index (χ0n) is 15.4. The zero-order valence-corrected chi connectivity index (χ0v) is 15.4. The Bertz CT molecular complexity index is 953. The molecule has 4 N–H and O–H groups in total. The Hall–Kier alpha value is -4.46. The summed E-state index contributed by atoms with van der Waals surface area (Å²) >= 11 is 0. The predicted molar refractivity (Wildman–Crippen MR) is 106 cm³/mol. The van der Waals surface area contributed by atoms with Gasteiger partial charge in [-0.3, -0.25) is 0 Å². The van der Waals surface area contributed by atoms with E-state index >= 15 is 0 Å². The summed E-state index contributed by atoms with van der Waals surface area (Å²) in [6, 6.07) is 21.8. The Morgan fingerprint density at radius 1 is 0.433 bits per heavy atom. The summed E-state index contributed by atoms with van der Waals surface area (Å²) in [5.74, 6) is -6.64. The van der Waals surface area contributed by atoms with Crippen molar-refractivity contribution in [3.63, 3.8) is 0 Å². The molecule has 0 aliphatic heterocycles. The van der Waals surface area contributed by atoms with Gasteiger partial charge in [0.25, 0.3) is 0 Å². The van der Waals surface area contributed by atoms with E-state index in [1.807, 2.05) is 12.1 Å². The third kappa shape index (κ3) is 5.29. The van der Waals surface area contributed by atoms with Gasteiger partial charge in [-0.1, -0.05) is 60.7 Å². The van der Waals surface area contributed by atoms with Gasteiger partial charge in [0.2, 0.25) is 0 Å². The van der Waals surface area contributed by atoms with Crippen molar-refractivity contribution in [1.82, 2.24) is 0 Å². The molecule has 0 atom stereocenters. The van der Waals surface area contributed by atoms with E-state index in [1.165, 1.54) is 11.1 Å². The molecule has 0 saturated carbocycles. The highest BCUT2D eigenvalue weighted by atomic mass is 16.4. The molecule has 0 fully saturated rings. The highest BCUT2D eigenvalue weighted by Gasteiger charge is 2.24. The molecule has 8 heteroatoms. The lowest BCUT2D eigenvalue weighted by Gasteiger charge is -2.06. The van der Waals surface area contributed by atoms with Crippen molar-refractivity contribution in [1.29, 1.82) is 0 Å². The monoisotopic (exact) mass is 408 g/mol. The Labute approximate surface area is 170 Å². The fraction of sp³-hybridized carbons (Fsp3) is 0. The molecule has 0 amide bonds. The highest BCUT2D eigenvalue weighted by Crippen LogP contribution is 2.19. The zero-order chi connectivity index (χ0) is 22.3. The van der Waals surface area contributed by atoms with Crippen LogP contribution in [0.2, 0.25) is 0 Å². The van der Waals surface area contributed by atoms with Gasteiger partial charge >= 0.3 is 23.9 Å². The summed E-state index contributed by atoms with van der Waals surface area (Å²) < 4.78 is 0. The molecule has 0 spiro atoms. The Balaban J connectivity index is 0.000000230. The van der Waals surface area contributed by atoms with Crippen LogP contribution in [-0.4, -0.2) is 44.3 Å². The highest BCUT2D eigenvalue weighted by molar-refractivity contribution is 6.09. The normalized spacial score (nSPS) is 9.73. The summed E-state index contributed by atoms with van der Waals surface area (Å²) in [4.78, 5) is 43.1. The second-order valence-corrected chi connectivity index (χ2v) is 5.90. The fourth-order valence-electron chi connectivity index (χ4n) is 2.57. The molecule has 0 aliphatic rings. The topological polar surface area (TPSA) is 149 Å². The molecule has 30 heavy (non-hydrogen) atoms. The van der Waals surface area contributed by atoms with Crippen LogP contribution in [0.3, 0.4) is 0 Å². The lowest BCUT2D eigenvalue weighted by molar-refractivity contribution is 0.0637. The van der Waals surface area contributed by atoms with Crippen LogP contribution in [0.4, 0.5) is 0 Å². The van der Waals surface area contributed by atoms with Crippen LogP contribution in [0.15, 0.2) is 72.8 Å². The van der Waals surface area contributed by atoms with Crippen molar-refractivity contribution in [2.75, 3.05) is 0 Å². The van der Waals surface area contributed by atoms with Gasteiger partial charge in [-0.2, -0.15) is 0 Å². The molecule has 0 aliphatic carbocycles. The molecule has 0 saturated heterocycles. The Morgan fingerprint density at radius 2 is 0.667 bits per heavy atom. The molecule has 8 nitrogen and oxygen atoms in total. The quantitative estimate of drug-likeness (QED) is 0.497. The standard InChI is InChI=1S/C12H10.C10H6O8/c1-3-7-11(8-4-1)12-9-5-2-6-10-12;11-7(12)3-1-4(8(13)14)6(10(17)18)2-5(3)9(15)16/h1-10H;1-2H,(H,11,12)(H,13,14)(H,15,16)(H,17,18). The Morgan fingerprint density at radius 3 is 0.867 bits per heavy atom. The summed E-state index contributed by atoms with van der Waals surface area (Å²) in [6.45, 7) is 0. The van der Waals surface area contributed by atoms with Crippen LogP contribution in [0.5, 0.6) is 0 Å². The third-order valence-corrected chi connectivity index (χ3v) is 3.96. The average molecular weight is 408 g/mol. The summed E-state index contributed by atoms with van der Waals surface area (Å²) in [5.41, 5.74) is -0.596. The van der Waals surface area contributed by atoms with Crippen molar-refractivity contribution < 1.29 is 39.6 Å². The lowest BCUT2D eigenvalue weighted by Crippen LogP contribution is -2.15. The van der Waals surface area contributed by atoms with Gasteiger partial charge in [-0.25, -0.2) is 19.2 Å². The number of carboxylic acid groups (broad SMARTS) is 4. The number of rotatable bonds is 5. The minimum Gasteiger partial charge on any atom is -0.478 e. The smallest absolute Gasteiger partial charge is 0.336 e. The summed E-state index contributed by atoms with van der Waals surface area (Å²) in [6.07, 6.45) is 0. The molecule has 3 aromatic carbocycles. The van der Waals surface area contributed by atoms with Gasteiger partial charge in [0.15, 0.2) is 0 Å². The SMILES string of the molecule is O=C(O)c1cc(C(=O)O)c(C(=O)O)cc1C(=O)O.c1ccc(-c2ccccc2)cc1. The van der Waals surface area contributed by atoms with Gasteiger partial charge in [0.1, 0.15) is 0 Å². The largest absolute Gasteiger partial charge is 0.478 e. The van der Waals surface area contributed by atoms with E-state index in [-0.39, 0.29) is 0 Å². The van der Waals surface area contributed by atoms with E-state index < -0.39 is 46.1 Å². The number of carbonyl (C=O) groups is 4. The number of hydrogen-bond acceptors (Lipinski definition) is 4. The van der Waals surface area contributed by atoms with E-state index in [0.717, 1.165) is 0 Å². The molecular formula is C22H16O8. The number of hydrogen-bond donors (Lipinski definition) is 4. The van der Waals surface area contributed by atoms with Gasteiger partial charge in [0, 0.05) is 0 Å². The van der Waals surface area contributed by atoms with Crippen molar-refractivity contribution in [2.24, 2.45) is 0 Å². The molecule has 152 valence electrons. The Kier molecular flexibility index (Phi) is 7.02. The van der Waals surface area contributed by atoms with Crippen LogP contribution < -0.4 is 0 Å². The first kappa shape index (κ1) is 21.8. The van der Waals surface area contributed by atoms with E-state index in [0.29, 0.717) is 12.1 Å². The minimum atomic E-state index is -1.66. The van der Waals surface area contributed by atoms with E-state index in [9.17, 15) is 19.2 Å². The van der Waals surface area contributed by atoms with Crippen LogP contribution in [0, 0.1) is 0 Å². The minimum absolute atomic E-state index is 0.511. The van der Waals surface area contributed by atoms with Gasteiger partial charge in [-0.05, 0) is 23.3 Å². The average Bonchev–Trinajstić information content (AvgIpc) is 2.74. The molecule has 0 bridgehead atoms. The van der Waals surface area contributed by atoms with Gasteiger partial charge in [0.05, 0.1) is 22.3 Å². The maximum absolute atomic E-state index is 10.8. The number of benzene rings is 3. The first-order valence-electron chi connectivity index (χ1n) is 8.44. The maximum Gasteiger partial charge on any atom is 0.336 e. The predicted octanol–water partition coefficient (Wildman–Crippen LogP) is 3.83. The fourth-order valence-corrected chi connectivity index (χ4v) is 2.57. The number of carboxylic acids is 4. The molecular weight excluding hydrogens is 392 g/mol. The van der Waals surface area contributed by atoms with E-state index in [4.69, 9.17) is 20.4 Å². The molecule has 0 heterocycles. The van der Waals surface area contributed by atoms with Crippen molar-refractivity contribution in [2.45, 2.75) is 0 Å². The van der Waals surface area contributed by atoms with Crippen molar-refractivity contribution in [3.8, 4) is 11.1 Å². The summed E-state index contributed by atoms with van der Waals surface area (Å²) in [5, 5.41) is 35.0. The van der Waals surface area contributed by atoms with Crippen LogP contribution in [0.1, 0.15) is 41.4 Å².